The summed E-state index contributed by atoms with van der Waals surface area (Å²) < 4.78 is 0. The monoisotopic (exact) mass is 248 g/mol. The minimum atomic E-state index is 0.0821. The molecule has 1 atom stereocenters. The summed E-state index contributed by atoms with van der Waals surface area (Å²) in [5.41, 5.74) is 1.19. The van der Waals surface area contributed by atoms with Gasteiger partial charge in [-0.3, -0.25) is 4.79 Å². The Kier molecular flexibility index (Phi) is 6.44. The highest BCUT2D eigenvalue weighted by Gasteiger charge is 2.21. The van der Waals surface area contributed by atoms with Gasteiger partial charge in [-0.2, -0.15) is 0 Å². The van der Waals surface area contributed by atoms with Crippen LogP contribution in [0.5, 0.6) is 0 Å². The molecule has 1 aromatic rings. The number of carbonyl (C=O) groups excluding carboxylic acids is 1. The summed E-state index contributed by atoms with van der Waals surface area (Å²) in [5, 5.41) is 3.09. The molecule has 18 heavy (non-hydrogen) atoms. The van der Waals surface area contributed by atoms with Gasteiger partial charge < -0.3 is 10.2 Å². The minimum Gasteiger partial charge on any atom is -0.338 e. The normalized spacial score (nSPS) is 12.2. The molecule has 0 aliphatic rings. The van der Waals surface area contributed by atoms with Gasteiger partial charge in [-0.05, 0) is 26.0 Å². The first-order valence-corrected chi connectivity index (χ1v) is 6.70. The van der Waals surface area contributed by atoms with E-state index < -0.39 is 0 Å². The van der Waals surface area contributed by atoms with Crippen molar-refractivity contribution in [2.75, 3.05) is 20.1 Å². The van der Waals surface area contributed by atoms with Crippen LogP contribution in [0.3, 0.4) is 0 Å². The lowest BCUT2D eigenvalue weighted by molar-refractivity contribution is -0.135. The van der Waals surface area contributed by atoms with E-state index in [1.807, 2.05) is 37.1 Å². The van der Waals surface area contributed by atoms with E-state index in [0.717, 1.165) is 19.5 Å². The Morgan fingerprint density at radius 1 is 1.28 bits per heavy atom. The fraction of sp³-hybridized carbons (Fsp3) is 0.533. The van der Waals surface area contributed by atoms with Crippen LogP contribution in [-0.2, 0) is 11.3 Å². The van der Waals surface area contributed by atoms with Crippen molar-refractivity contribution in [2.24, 2.45) is 5.92 Å². The molecule has 0 bridgehead atoms. The zero-order valence-corrected chi connectivity index (χ0v) is 11.6. The number of hydrogen-bond donors (Lipinski definition) is 1. The van der Waals surface area contributed by atoms with Crippen molar-refractivity contribution in [3.63, 3.8) is 0 Å². The van der Waals surface area contributed by atoms with Crippen LogP contribution in [0.15, 0.2) is 30.3 Å². The summed E-state index contributed by atoms with van der Waals surface area (Å²) in [7, 11) is 1.89. The van der Waals surface area contributed by atoms with Gasteiger partial charge in [0.2, 0.25) is 5.91 Å². The van der Waals surface area contributed by atoms with Crippen molar-refractivity contribution in [3.05, 3.63) is 35.9 Å². The molecule has 0 aromatic heterocycles. The van der Waals surface area contributed by atoms with Gasteiger partial charge in [0.1, 0.15) is 0 Å². The van der Waals surface area contributed by atoms with Gasteiger partial charge in [-0.15, -0.1) is 0 Å². The van der Waals surface area contributed by atoms with Crippen LogP contribution >= 0.6 is 0 Å². The molecule has 0 saturated carbocycles. The Morgan fingerprint density at radius 2 is 1.94 bits per heavy atom. The first kappa shape index (κ1) is 14.7. The fourth-order valence-electron chi connectivity index (χ4n) is 2.06. The summed E-state index contributed by atoms with van der Waals surface area (Å²) in [4.78, 5) is 14.3. The van der Waals surface area contributed by atoms with E-state index in [1.165, 1.54) is 5.56 Å². The van der Waals surface area contributed by atoms with E-state index in [1.54, 1.807) is 0 Å². The van der Waals surface area contributed by atoms with Crippen LogP contribution in [-0.4, -0.2) is 30.9 Å². The lowest BCUT2D eigenvalue weighted by atomic mass is 10.0. The van der Waals surface area contributed by atoms with E-state index in [9.17, 15) is 4.79 Å². The molecule has 0 aliphatic heterocycles. The van der Waals surface area contributed by atoms with Crippen molar-refractivity contribution in [1.29, 1.82) is 0 Å². The molecular weight excluding hydrogens is 224 g/mol. The molecule has 0 aliphatic carbocycles. The van der Waals surface area contributed by atoms with Crippen LogP contribution in [0, 0.1) is 5.92 Å². The summed E-state index contributed by atoms with van der Waals surface area (Å²) in [6.45, 7) is 6.31. The van der Waals surface area contributed by atoms with Gasteiger partial charge in [0, 0.05) is 19.6 Å². The number of carbonyl (C=O) groups is 1. The zero-order chi connectivity index (χ0) is 13.4. The molecular formula is C15H24N2O. The first-order valence-electron chi connectivity index (χ1n) is 6.70. The number of nitrogens with one attached hydrogen (secondary N) is 1. The number of amides is 1. The van der Waals surface area contributed by atoms with Gasteiger partial charge in [0.05, 0.1) is 5.92 Å². The van der Waals surface area contributed by atoms with Crippen LogP contribution in [0.2, 0.25) is 0 Å². The van der Waals surface area contributed by atoms with Crippen molar-refractivity contribution in [2.45, 2.75) is 26.8 Å². The molecule has 1 amide bonds. The molecule has 1 rings (SSSR count). The second kappa shape index (κ2) is 7.88. The molecule has 0 radical (unpaired) electrons. The van der Waals surface area contributed by atoms with Gasteiger partial charge in [-0.25, -0.2) is 0 Å². The highest BCUT2D eigenvalue weighted by atomic mass is 16.2. The second-order valence-corrected chi connectivity index (χ2v) is 4.50. The highest BCUT2D eigenvalue weighted by Crippen LogP contribution is 2.11. The van der Waals surface area contributed by atoms with Crippen molar-refractivity contribution in [1.82, 2.24) is 10.2 Å². The lowest BCUT2D eigenvalue weighted by Gasteiger charge is -2.25. The largest absolute Gasteiger partial charge is 0.338 e. The third-order valence-electron chi connectivity index (χ3n) is 3.20. The van der Waals surface area contributed by atoms with E-state index in [0.29, 0.717) is 6.54 Å². The van der Waals surface area contributed by atoms with Crippen molar-refractivity contribution >= 4 is 5.91 Å². The molecule has 0 heterocycles. The molecule has 3 nitrogen and oxygen atoms in total. The van der Waals surface area contributed by atoms with E-state index in [4.69, 9.17) is 0 Å². The van der Waals surface area contributed by atoms with E-state index >= 15 is 0 Å². The molecule has 0 saturated heterocycles. The van der Waals surface area contributed by atoms with Crippen LogP contribution in [0.25, 0.3) is 0 Å². The maximum absolute atomic E-state index is 12.4. The van der Waals surface area contributed by atoms with E-state index in [2.05, 4.69) is 24.4 Å². The maximum atomic E-state index is 12.4. The Morgan fingerprint density at radius 3 is 2.44 bits per heavy atom. The summed E-state index contributed by atoms with van der Waals surface area (Å²) in [5.74, 6) is 0.330. The Balaban J connectivity index is 2.67. The number of nitrogens with zero attached hydrogens (tertiary/aromatic N) is 1. The summed E-state index contributed by atoms with van der Waals surface area (Å²) in [6, 6.07) is 10.2. The quantitative estimate of drug-likeness (QED) is 0.803. The summed E-state index contributed by atoms with van der Waals surface area (Å²) in [6.07, 6.45) is 0.880. The lowest BCUT2D eigenvalue weighted by Crippen LogP contribution is -2.39. The third kappa shape index (κ3) is 4.15. The van der Waals surface area contributed by atoms with Crippen molar-refractivity contribution in [3.8, 4) is 0 Å². The number of rotatable bonds is 7. The van der Waals surface area contributed by atoms with Gasteiger partial charge in [-0.1, -0.05) is 37.3 Å². The Labute approximate surface area is 110 Å². The smallest absolute Gasteiger partial charge is 0.227 e. The molecule has 1 N–H and O–H groups in total. The molecule has 1 unspecified atom stereocenters. The molecule has 3 heteroatoms. The SMILES string of the molecule is CCC(CNC)C(=O)N(CC)Cc1ccccc1. The van der Waals surface area contributed by atoms with Gasteiger partial charge in [0.25, 0.3) is 0 Å². The first-order chi connectivity index (χ1) is 8.72. The van der Waals surface area contributed by atoms with Crippen LogP contribution in [0.4, 0.5) is 0 Å². The predicted octanol–water partition coefficient (Wildman–Crippen LogP) is 2.28. The third-order valence-corrected chi connectivity index (χ3v) is 3.20. The van der Waals surface area contributed by atoms with Gasteiger partial charge >= 0.3 is 0 Å². The fourth-order valence-corrected chi connectivity index (χ4v) is 2.06. The maximum Gasteiger partial charge on any atom is 0.227 e. The molecule has 1 aromatic carbocycles. The standard InChI is InChI=1S/C15H24N2O/c1-4-14(11-16-3)15(18)17(5-2)12-13-9-7-6-8-10-13/h6-10,14,16H,4-5,11-12H2,1-3H3. The average Bonchev–Trinajstić information content (AvgIpc) is 2.42. The number of benzene rings is 1. The van der Waals surface area contributed by atoms with Crippen LogP contribution in [0.1, 0.15) is 25.8 Å². The molecule has 0 fully saturated rings. The molecule has 0 spiro atoms. The molecule has 100 valence electrons. The topological polar surface area (TPSA) is 32.3 Å². The van der Waals surface area contributed by atoms with Crippen LogP contribution < -0.4 is 5.32 Å². The van der Waals surface area contributed by atoms with E-state index in [-0.39, 0.29) is 11.8 Å². The summed E-state index contributed by atoms with van der Waals surface area (Å²) >= 11 is 0. The Hall–Kier alpha value is -1.35. The second-order valence-electron chi connectivity index (χ2n) is 4.50. The predicted molar refractivity (Wildman–Crippen MR) is 75.2 cm³/mol. The highest BCUT2D eigenvalue weighted by molar-refractivity contribution is 5.79. The number of hydrogen-bond acceptors (Lipinski definition) is 2. The van der Waals surface area contributed by atoms with Crippen molar-refractivity contribution < 1.29 is 4.79 Å². The minimum absolute atomic E-state index is 0.0821. The average molecular weight is 248 g/mol. The zero-order valence-electron chi connectivity index (χ0n) is 11.6. The van der Waals surface area contributed by atoms with Gasteiger partial charge in [0.15, 0.2) is 0 Å². The Bertz CT molecular complexity index is 351.